The van der Waals surface area contributed by atoms with Crippen LogP contribution in [0.25, 0.3) is 22.8 Å². The molecule has 1 aliphatic heterocycles. The fraction of sp³-hybridized carbons (Fsp3) is 0.321. The lowest BCUT2D eigenvalue weighted by molar-refractivity contribution is 0.00578. The Hall–Kier alpha value is -3.09. The van der Waals surface area contributed by atoms with Crippen LogP contribution < -0.4 is 0 Å². The van der Waals surface area contributed by atoms with Crippen molar-refractivity contribution in [2.75, 3.05) is 0 Å². The van der Waals surface area contributed by atoms with Crippen molar-refractivity contribution >= 4 is 7.12 Å². The molecule has 1 aromatic heterocycles. The molecule has 0 radical (unpaired) electrons. The number of aromatic nitrogens is 3. The maximum atomic E-state index is 6.29. The summed E-state index contributed by atoms with van der Waals surface area (Å²) in [6, 6.07) is 20.2. The Morgan fingerprint density at radius 2 is 1.32 bits per heavy atom. The maximum Gasteiger partial charge on any atom is 0.490 e. The van der Waals surface area contributed by atoms with Crippen molar-refractivity contribution < 1.29 is 9.31 Å². The zero-order valence-corrected chi connectivity index (χ0v) is 20.2. The normalized spacial score (nSPS) is 20.9. The van der Waals surface area contributed by atoms with E-state index in [1.165, 1.54) is 0 Å². The number of hydrogen-bond acceptors (Lipinski definition) is 5. The molecule has 2 aliphatic rings. The molecule has 172 valence electrons. The number of hydrogen-bond donors (Lipinski definition) is 0. The van der Waals surface area contributed by atoms with Crippen LogP contribution in [-0.4, -0.2) is 33.3 Å². The molecule has 5 nitrogen and oxygen atoms in total. The van der Waals surface area contributed by atoms with Crippen LogP contribution >= 0.6 is 0 Å². The highest BCUT2D eigenvalue weighted by molar-refractivity contribution is 6.54. The first kappa shape index (κ1) is 22.7. The summed E-state index contributed by atoms with van der Waals surface area (Å²) in [6.07, 6.45) is 8.02. The molecule has 0 bridgehead atoms. The summed E-state index contributed by atoms with van der Waals surface area (Å²) in [5.41, 5.74) is 2.43. The Kier molecular flexibility index (Phi) is 5.96. The third kappa shape index (κ3) is 4.61. The van der Waals surface area contributed by atoms with Gasteiger partial charge in [0.1, 0.15) is 5.82 Å². The first-order chi connectivity index (χ1) is 16.3. The molecule has 1 aliphatic carbocycles. The van der Waals surface area contributed by atoms with Crippen LogP contribution in [0.3, 0.4) is 0 Å². The van der Waals surface area contributed by atoms with E-state index in [0.29, 0.717) is 11.6 Å². The standard InChI is InChI=1S/C28H30BN3O2/c1-27(2)28(3,4)34-29(33-27)23-17-11-12-20(18-23)19-24-30-25(21-13-7-5-8-14-21)32-26(31-24)22-15-9-6-10-16-22/h5-17,20H,18-19H2,1-4H3. The smallest absolute Gasteiger partial charge is 0.400 e. The average molecular weight is 451 g/mol. The van der Waals surface area contributed by atoms with Gasteiger partial charge in [0.25, 0.3) is 0 Å². The molecule has 2 heterocycles. The second-order valence-electron chi connectivity index (χ2n) is 10.0. The van der Waals surface area contributed by atoms with Crippen molar-refractivity contribution in [2.45, 2.75) is 51.7 Å². The lowest BCUT2D eigenvalue weighted by Crippen LogP contribution is -2.41. The summed E-state index contributed by atoms with van der Waals surface area (Å²) in [5.74, 6) is 2.45. The second kappa shape index (κ2) is 8.93. The van der Waals surface area contributed by atoms with Crippen LogP contribution in [0.2, 0.25) is 0 Å². The van der Waals surface area contributed by atoms with E-state index in [1.807, 2.05) is 60.7 Å². The molecule has 1 unspecified atom stereocenters. The van der Waals surface area contributed by atoms with E-state index >= 15 is 0 Å². The molecular weight excluding hydrogens is 421 g/mol. The topological polar surface area (TPSA) is 57.1 Å². The van der Waals surface area contributed by atoms with Crippen molar-refractivity contribution in [3.63, 3.8) is 0 Å². The molecule has 1 fully saturated rings. The van der Waals surface area contributed by atoms with E-state index in [2.05, 4.69) is 45.9 Å². The van der Waals surface area contributed by atoms with Crippen molar-refractivity contribution in [3.05, 3.63) is 90.2 Å². The van der Waals surface area contributed by atoms with Gasteiger partial charge in [0.2, 0.25) is 0 Å². The molecule has 3 aromatic rings. The Balaban J connectivity index is 1.40. The highest BCUT2D eigenvalue weighted by atomic mass is 16.7. The molecule has 34 heavy (non-hydrogen) atoms. The van der Waals surface area contributed by atoms with Gasteiger partial charge in [-0.2, -0.15) is 0 Å². The van der Waals surface area contributed by atoms with Gasteiger partial charge in [-0.1, -0.05) is 78.9 Å². The largest absolute Gasteiger partial charge is 0.490 e. The van der Waals surface area contributed by atoms with Crippen LogP contribution in [-0.2, 0) is 15.7 Å². The Labute approximate surface area is 202 Å². The molecule has 6 heteroatoms. The molecule has 0 N–H and O–H groups in total. The summed E-state index contributed by atoms with van der Waals surface area (Å²) in [4.78, 5) is 14.5. The summed E-state index contributed by atoms with van der Waals surface area (Å²) in [7, 11) is -0.324. The molecule has 1 atom stereocenters. The maximum absolute atomic E-state index is 6.29. The summed E-state index contributed by atoms with van der Waals surface area (Å²) in [5, 5.41) is 0. The van der Waals surface area contributed by atoms with Gasteiger partial charge < -0.3 is 9.31 Å². The van der Waals surface area contributed by atoms with E-state index < -0.39 is 0 Å². The second-order valence-corrected chi connectivity index (χ2v) is 10.0. The van der Waals surface area contributed by atoms with Crippen molar-refractivity contribution in [2.24, 2.45) is 5.92 Å². The highest BCUT2D eigenvalue weighted by Gasteiger charge is 2.52. The van der Waals surface area contributed by atoms with Crippen molar-refractivity contribution in [1.82, 2.24) is 15.0 Å². The van der Waals surface area contributed by atoms with Gasteiger partial charge in [-0.25, -0.2) is 15.0 Å². The Bertz CT molecular complexity index is 1150. The summed E-state index contributed by atoms with van der Waals surface area (Å²) in [6.45, 7) is 8.35. The quantitative estimate of drug-likeness (QED) is 0.454. The first-order valence-electron chi connectivity index (χ1n) is 11.9. The molecule has 2 aromatic carbocycles. The predicted octanol–water partition coefficient (Wildman–Crippen LogP) is 5.88. The van der Waals surface area contributed by atoms with Gasteiger partial charge in [0.05, 0.1) is 11.2 Å². The van der Waals surface area contributed by atoms with E-state index in [0.717, 1.165) is 35.3 Å². The highest BCUT2D eigenvalue weighted by Crippen LogP contribution is 2.40. The van der Waals surface area contributed by atoms with E-state index in [1.54, 1.807) is 0 Å². The zero-order chi connectivity index (χ0) is 23.8. The summed E-state index contributed by atoms with van der Waals surface area (Å²) >= 11 is 0. The summed E-state index contributed by atoms with van der Waals surface area (Å²) < 4.78 is 12.6. The SMILES string of the molecule is CC1(C)OB(C2=CC=CC(Cc3nc(-c4ccccc4)nc(-c4ccccc4)n3)C2)OC1(C)C. The third-order valence-corrected chi connectivity index (χ3v) is 6.94. The van der Waals surface area contributed by atoms with Crippen molar-refractivity contribution in [3.8, 4) is 22.8 Å². The number of rotatable bonds is 5. The molecule has 5 rings (SSSR count). The van der Waals surface area contributed by atoms with Crippen LogP contribution in [0.1, 0.15) is 39.9 Å². The predicted molar refractivity (Wildman–Crippen MR) is 136 cm³/mol. The average Bonchev–Trinajstić information content (AvgIpc) is 3.07. The van der Waals surface area contributed by atoms with E-state index in [9.17, 15) is 0 Å². The van der Waals surface area contributed by atoms with Crippen LogP contribution in [0.5, 0.6) is 0 Å². The minimum Gasteiger partial charge on any atom is -0.400 e. The third-order valence-electron chi connectivity index (χ3n) is 6.94. The van der Waals surface area contributed by atoms with Gasteiger partial charge in [0.15, 0.2) is 11.6 Å². The van der Waals surface area contributed by atoms with E-state index in [-0.39, 0.29) is 24.2 Å². The minimum atomic E-state index is -0.349. The van der Waals surface area contributed by atoms with E-state index in [4.69, 9.17) is 24.3 Å². The number of nitrogens with zero attached hydrogens (tertiary/aromatic N) is 3. The van der Waals surface area contributed by atoms with Gasteiger partial charge in [-0.05, 0) is 45.5 Å². The monoisotopic (exact) mass is 451 g/mol. The lowest BCUT2D eigenvalue weighted by Gasteiger charge is -2.32. The molecule has 1 saturated heterocycles. The Morgan fingerprint density at radius 1 is 0.794 bits per heavy atom. The number of allylic oxidation sites excluding steroid dienone is 4. The Morgan fingerprint density at radius 3 is 1.85 bits per heavy atom. The minimum absolute atomic E-state index is 0.258. The molecular formula is C28H30BN3O2. The first-order valence-corrected chi connectivity index (χ1v) is 11.9. The number of benzene rings is 2. The zero-order valence-electron chi connectivity index (χ0n) is 20.2. The van der Waals surface area contributed by atoms with Gasteiger partial charge in [-0.15, -0.1) is 0 Å². The van der Waals surface area contributed by atoms with Crippen LogP contribution in [0.4, 0.5) is 0 Å². The van der Waals surface area contributed by atoms with Crippen LogP contribution in [0.15, 0.2) is 84.4 Å². The van der Waals surface area contributed by atoms with Gasteiger partial charge >= 0.3 is 7.12 Å². The van der Waals surface area contributed by atoms with Gasteiger partial charge in [-0.3, -0.25) is 0 Å². The molecule has 0 spiro atoms. The van der Waals surface area contributed by atoms with Gasteiger partial charge in [0, 0.05) is 17.5 Å². The fourth-order valence-corrected chi connectivity index (χ4v) is 4.26. The molecule has 0 saturated carbocycles. The molecule has 0 amide bonds. The van der Waals surface area contributed by atoms with Crippen molar-refractivity contribution in [1.29, 1.82) is 0 Å². The lowest BCUT2D eigenvalue weighted by atomic mass is 9.71. The van der Waals surface area contributed by atoms with Crippen LogP contribution in [0, 0.1) is 5.92 Å². The fourth-order valence-electron chi connectivity index (χ4n) is 4.26.